The van der Waals surface area contributed by atoms with Gasteiger partial charge in [0.25, 0.3) is 11.4 Å². The molecule has 0 radical (unpaired) electrons. The summed E-state index contributed by atoms with van der Waals surface area (Å²) < 4.78 is 15.1. The summed E-state index contributed by atoms with van der Waals surface area (Å²) in [5.74, 6) is -2.00. The highest BCUT2D eigenvalue weighted by molar-refractivity contribution is 8.00. The van der Waals surface area contributed by atoms with Crippen molar-refractivity contribution in [3.05, 3.63) is 103 Å². The summed E-state index contributed by atoms with van der Waals surface area (Å²) in [4.78, 5) is 65.7. The van der Waals surface area contributed by atoms with Gasteiger partial charge in [-0.3, -0.25) is 25.0 Å². The van der Waals surface area contributed by atoms with E-state index >= 15 is 0 Å². The van der Waals surface area contributed by atoms with Gasteiger partial charge in [-0.15, -0.1) is 0 Å². The molecular weight excluding hydrogens is 729 g/mol. The van der Waals surface area contributed by atoms with Gasteiger partial charge >= 0.3 is 12.1 Å². The minimum absolute atomic E-state index is 0.000870. The second-order valence-electron chi connectivity index (χ2n) is 13.3. The summed E-state index contributed by atoms with van der Waals surface area (Å²) in [7, 11) is 1.93. The number of aliphatic hydroxyl groups excluding tert-OH is 1. The standard InChI is InChI=1S/C35H35N6O10S2/c1-19-27(30(39-29(19)28(20(2)42)31(39)43)34(44)50-16-21-4-8-23(9-5-21)40(46)47)26-15-38-18-36(3)32(33(38)53-26)52-25-12-13-37(14-25)35(45)51-17-22-6-10-24(11-7-22)41(48)49/h4-11,15,18-20,25,28-29,42H,12-14,16-17H2,1-3H3/q+1/t19-,20+,25-,28+,29+/m0/s1. The molecule has 2 aromatic carbocycles. The van der Waals surface area contributed by atoms with E-state index in [0.29, 0.717) is 29.8 Å². The normalized spacial score (nSPS) is 21.5. The average Bonchev–Trinajstić information content (AvgIpc) is 3.88. The lowest BCUT2D eigenvalue weighted by molar-refractivity contribution is -0.705. The molecule has 0 saturated carbocycles. The predicted molar refractivity (Wildman–Crippen MR) is 190 cm³/mol. The minimum atomic E-state index is -0.908. The molecule has 0 aliphatic carbocycles. The van der Waals surface area contributed by atoms with Gasteiger partial charge in [-0.05, 0) is 48.7 Å². The van der Waals surface area contributed by atoms with Crippen molar-refractivity contribution in [1.82, 2.24) is 14.2 Å². The summed E-state index contributed by atoms with van der Waals surface area (Å²) in [6.45, 7) is 4.33. The molecule has 18 heteroatoms. The van der Waals surface area contributed by atoms with Crippen molar-refractivity contribution in [2.45, 2.75) is 55.9 Å². The predicted octanol–water partition coefficient (Wildman–Crippen LogP) is 4.46. The zero-order valence-electron chi connectivity index (χ0n) is 28.8. The number of non-ortho nitro benzene ring substituents is 2. The van der Waals surface area contributed by atoms with Gasteiger partial charge in [0.1, 0.15) is 25.1 Å². The molecular formula is C35H35N6O10S2+. The minimum Gasteiger partial charge on any atom is -0.456 e. The van der Waals surface area contributed by atoms with Crippen LogP contribution < -0.4 is 4.57 Å². The number of aryl methyl sites for hydroxylation is 1. The van der Waals surface area contributed by atoms with Gasteiger partial charge in [0.15, 0.2) is 0 Å². The molecule has 3 aliphatic rings. The molecule has 2 aromatic heterocycles. The number of hydrogen-bond acceptors (Lipinski definition) is 12. The summed E-state index contributed by atoms with van der Waals surface area (Å²) in [6, 6.07) is 11.1. The smallest absolute Gasteiger partial charge is 0.410 e. The quantitative estimate of drug-likeness (QED) is 0.0746. The Morgan fingerprint density at radius 2 is 1.64 bits per heavy atom. The van der Waals surface area contributed by atoms with E-state index in [2.05, 4.69) is 0 Å². The number of carbonyl (C=O) groups excluding carboxylic acids is 3. The highest BCUT2D eigenvalue weighted by atomic mass is 32.2. The van der Waals surface area contributed by atoms with Crippen LogP contribution in [0.2, 0.25) is 0 Å². The number of hydrogen-bond donors (Lipinski definition) is 1. The number of nitro benzene ring substituents is 2. The van der Waals surface area contributed by atoms with Crippen LogP contribution in [0.15, 0.2) is 71.8 Å². The zero-order valence-corrected chi connectivity index (χ0v) is 30.5. The highest BCUT2D eigenvalue weighted by Crippen LogP contribution is 2.52. The number of thioether (sulfide) groups is 1. The number of thiazole rings is 1. The van der Waals surface area contributed by atoms with Gasteiger partial charge in [-0.2, -0.15) is 4.40 Å². The Hall–Kier alpha value is -5.33. The molecule has 2 amide bonds. The molecule has 53 heavy (non-hydrogen) atoms. The first-order chi connectivity index (χ1) is 25.3. The fourth-order valence-electron chi connectivity index (χ4n) is 7.17. The number of β-lactam (4-membered cyclic amide) rings is 1. The maximum Gasteiger partial charge on any atom is 0.410 e. The zero-order chi connectivity index (χ0) is 37.7. The third-order valence-electron chi connectivity index (χ3n) is 9.84. The number of rotatable bonds is 11. The van der Waals surface area contributed by atoms with Crippen LogP contribution in [-0.2, 0) is 39.3 Å². The Balaban J connectivity index is 1.08. The summed E-state index contributed by atoms with van der Waals surface area (Å²) in [5, 5.41) is 33.5. The average molecular weight is 764 g/mol. The number of aromatic nitrogens is 2. The fraction of sp³-hybridized carbons (Fsp3) is 0.371. The van der Waals surface area contributed by atoms with Crippen LogP contribution in [0.5, 0.6) is 0 Å². The Morgan fingerprint density at radius 1 is 1.04 bits per heavy atom. The van der Waals surface area contributed by atoms with Crippen molar-refractivity contribution in [2.24, 2.45) is 18.9 Å². The largest absolute Gasteiger partial charge is 0.456 e. The number of esters is 1. The van der Waals surface area contributed by atoms with Crippen LogP contribution in [0, 0.1) is 32.1 Å². The molecule has 0 spiro atoms. The fourth-order valence-corrected chi connectivity index (χ4v) is 9.85. The monoisotopic (exact) mass is 763 g/mol. The lowest BCUT2D eigenvalue weighted by Gasteiger charge is -2.46. The molecule has 1 N–H and O–H groups in total. The van der Waals surface area contributed by atoms with E-state index in [1.54, 1.807) is 35.7 Å². The molecule has 4 aromatic rings. The third kappa shape index (κ3) is 6.73. The number of aliphatic hydroxyl groups is 1. The first kappa shape index (κ1) is 36.0. The van der Waals surface area contributed by atoms with Crippen molar-refractivity contribution < 1.29 is 43.4 Å². The van der Waals surface area contributed by atoms with Crippen molar-refractivity contribution in [3.63, 3.8) is 0 Å². The van der Waals surface area contributed by atoms with Crippen LogP contribution >= 0.6 is 23.1 Å². The van der Waals surface area contributed by atoms with Crippen molar-refractivity contribution in [3.8, 4) is 0 Å². The number of benzene rings is 2. The van der Waals surface area contributed by atoms with E-state index in [1.807, 2.05) is 35.5 Å². The topological polar surface area (TPSA) is 191 Å². The lowest BCUT2D eigenvalue weighted by atomic mass is 9.77. The van der Waals surface area contributed by atoms with Gasteiger partial charge in [-0.25, -0.2) is 14.2 Å². The number of fused-ring (bicyclic) bond motifs is 2. The van der Waals surface area contributed by atoms with Gasteiger partial charge in [0.2, 0.25) is 22.1 Å². The number of carbonyl (C=O) groups is 3. The highest BCUT2D eigenvalue weighted by Gasteiger charge is 2.60. The van der Waals surface area contributed by atoms with Crippen LogP contribution in [-0.4, -0.2) is 77.6 Å². The Bertz CT molecular complexity index is 2160. The third-order valence-corrected chi connectivity index (χ3v) is 12.5. The molecule has 3 aliphatic heterocycles. The van der Waals surface area contributed by atoms with Crippen molar-refractivity contribution >= 4 is 62.8 Å². The van der Waals surface area contributed by atoms with E-state index in [9.17, 15) is 39.7 Å². The first-order valence-corrected chi connectivity index (χ1v) is 18.5. The van der Waals surface area contributed by atoms with E-state index in [0.717, 1.165) is 21.2 Å². The number of nitro groups is 2. The molecule has 2 saturated heterocycles. The van der Waals surface area contributed by atoms with E-state index in [4.69, 9.17) is 9.47 Å². The van der Waals surface area contributed by atoms with Gasteiger partial charge in [0.05, 0.1) is 39.8 Å². The van der Waals surface area contributed by atoms with E-state index < -0.39 is 40.0 Å². The molecule has 0 bridgehead atoms. The van der Waals surface area contributed by atoms with Gasteiger partial charge < -0.3 is 24.4 Å². The van der Waals surface area contributed by atoms with Crippen LogP contribution in [0.4, 0.5) is 16.2 Å². The van der Waals surface area contributed by atoms with Crippen LogP contribution in [0.1, 0.15) is 36.3 Å². The second-order valence-corrected chi connectivity index (χ2v) is 15.6. The summed E-state index contributed by atoms with van der Waals surface area (Å²) in [5.41, 5.74) is 1.85. The van der Waals surface area contributed by atoms with Gasteiger partial charge in [-0.1, -0.05) is 30.0 Å². The summed E-state index contributed by atoms with van der Waals surface area (Å²) >= 11 is 3.11. The molecule has 2 fully saturated rings. The molecule has 0 unspecified atom stereocenters. The molecule has 5 heterocycles. The number of nitrogens with zero attached hydrogens (tertiary/aromatic N) is 6. The Kier molecular flexibility index (Phi) is 9.69. The van der Waals surface area contributed by atoms with Gasteiger partial charge in [0, 0.05) is 54.1 Å². The molecule has 16 nitrogen and oxygen atoms in total. The Morgan fingerprint density at radius 3 is 2.23 bits per heavy atom. The Labute approximate surface area is 310 Å². The van der Waals surface area contributed by atoms with E-state index in [1.165, 1.54) is 52.6 Å². The van der Waals surface area contributed by atoms with Crippen LogP contribution in [0.3, 0.4) is 0 Å². The van der Waals surface area contributed by atoms with E-state index in [-0.39, 0.29) is 47.4 Å². The maximum absolute atomic E-state index is 13.8. The number of ether oxygens (including phenoxy) is 2. The maximum atomic E-state index is 13.8. The lowest BCUT2D eigenvalue weighted by Crippen LogP contribution is -2.63. The number of imidazole rings is 1. The van der Waals surface area contributed by atoms with Crippen molar-refractivity contribution in [1.29, 1.82) is 0 Å². The molecule has 7 rings (SSSR count). The number of likely N-dealkylation sites (tertiary alicyclic amines) is 1. The number of amides is 2. The molecule has 276 valence electrons. The molecule has 5 atom stereocenters. The first-order valence-electron chi connectivity index (χ1n) is 16.8. The summed E-state index contributed by atoms with van der Waals surface area (Å²) in [6.07, 6.45) is 3.22. The second kappa shape index (κ2) is 14.2. The SMILES string of the molecule is C[C@@H](O)[C@H]1C(=O)N2C(C(=O)OCc3ccc([N+](=O)[O-])cc3)=C(c3cn4c[n+](C)c(S[C@H]5CCN(C(=O)OCc6ccc([N+](=O)[O-])cc6)C5)c4s3)[C@H](C)[C@H]12. The van der Waals surface area contributed by atoms with Crippen molar-refractivity contribution in [2.75, 3.05) is 13.1 Å². The van der Waals surface area contributed by atoms with Crippen LogP contribution in [0.25, 0.3) is 10.4 Å².